The normalized spacial score (nSPS) is 11.1. The summed E-state index contributed by atoms with van der Waals surface area (Å²) in [6.07, 6.45) is 0.794. The molecule has 1 aromatic carbocycles. The summed E-state index contributed by atoms with van der Waals surface area (Å²) in [4.78, 5) is 8.80. The maximum atomic E-state index is 6.17. The molecule has 5 nitrogen and oxygen atoms in total. The molecule has 0 fully saturated rings. The zero-order valence-electron chi connectivity index (χ0n) is 10.5. The van der Waals surface area contributed by atoms with Crippen LogP contribution in [0.2, 0.25) is 5.15 Å². The van der Waals surface area contributed by atoms with Crippen molar-refractivity contribution >= 4 is 34.4 Å². The van der Waals surface area contributed by atoms with Crippen LogP contribution >= 0.6 is 23.2 Å². The van der Waals surface area contributed by atoms with Gasteiger partial charge in [0, 0.05) is 18.0 Å². The molecule has 20 heavy (non-hydrogen) atoms. The highest BCUT2D eigenvalue weighted by atomic mass is 35.5. The molecule has 0 N–H and O–H groups in total. The highest BCUT2D eigenvalue weighted by Gasteiger charge is 2.13. The first-order valence-corrected chi connectivity index (χ1v) is 7.09. The molecule has 0 saturated heterocycles. The summed E-state index contributed by atoms with van der Waals surface area (Å²) in [6, 6.07) is 9.67. The fourth-order valence-electron chi connectivity index (χ4n) is 1.90. The SMILES string of the molecule is ClCCCn1nnc2c(Cl)nc(-c3ccccc3)nc21. The number of nitrogens with zero attached hydrogens (tertiary/aromatic N) is 5. The van der Waals surface area contributed by atoms with Crippen LogP contribution in [0.25, 0.3) is 22.6 Å². The van der Waals surface area contributed by atoms with Gasteiger partial charge >= 0.3 is 0 Å². The maximum absolute atomic E-state index is 6.17. The van der Waals surface area contributed by atoms with E-state index < -0.39 is 0 Å². The Morgan fingerprint density at radius 1 is 1.10 bits per heavy atom. The Balaban J connectivity index is 2.11. The van der Waals surface area contributed by atoms with Gasteiger partial charge in [0.2, 0.25) is 0 Å². The van der Waals surface area contributed by atoms with Crippen molar-refractivity contribution in [1.82, 2.24) is 25.0 Å². The molecule has 0 aliphatic carbocycles. The van der Waals surface area contributed by atoms with Gasteiger partial charge in [-0.05, 0) is 6.42 Å². The number of aromatic nitrogens is 5. The van der Waals surface area contributed by atoms with E-state index in [0.717, 1.165) is 12.0 Å². The van der Waals surface area contributed by atoms with E-state index in [2.05, 4.69) is 20.3 Å². The lowest BCUT2D eigenvalue weighted by Gasteiger charge is -2.03. The maximum Gasteiger partial charge on any atom is 0.183 e. The molecule has 0 aliphatic heterocycles. The van der Waals surface area contributed by atoms with Gasteiger partial charge in [-0.25, -0.2) is 14.6 Å². The van der Waals surface area contributed by atoms with Crippen molar-refractivity contribution in [2.24, 2.45) is 0 Å². The number of fused-ring (bicyclic) bond motifs is 1. The van der Waals surface area contributed by atoms with Crippen LogP contribution in [-0.2, 0) is 6.54 Å². The van der Waals surface area contributed by atoms with Crippen molar-refractivity contribution in [3.63, 3.8) is 0 Å². The monoisotopic (exact) mass is 307 g/mol. The van der Waals surface area contributed by atoms with E-state index in [1.54, 1.807) is 4.68 Å². The molecular weight excluding hydrogens is 297 g/mol. The van der Waals surface area contributed by atoms with Crippen LogP contribution in [0.1, 0.15) is 6.42 Å². The Kier molecular flexibility index (Phi) is 3.80. The molecule has 0 bridgehead atoms. The Morgan fingerprint density at radius 3 is 2.65 bits per heavy atom. The molecule has 0 unspecified atom stereocenters. The topological polar surface area (TPSA) is 56.5 Å². The average molecular weight is 308 g/mol. The summed E-state index contributed by atoms with van der Waals surface area (Å²) < 4.78 is 1.71. The van der Waals surface area contributed by atoms with Crippen molar-refractivity contribution in [2.75, 3.05) is 5.88 Å². The molecule has 0 saturated carbocycles. The third-order valence-corrected chi connectivity index (χ3v) is 3.39. The summed E-state index contributed by atoms with van der Waals surface area (Å²) in [5, 5.41) is 8.38. The van der Waals surface area contributed by atoms with Crippen LogP contribution in [0.15, 0.2) is 30.3 Å². The van der Waals surface area contributed by atoms with E-state index in [0.29, 0.717) is 34.6 Å². The lowest BCUT2D eigenvalue weighted by Crippen LogP contribution is -2.03. The van der Waals surface area contributed by atoms with Crippen molar-refractivity contribution < 1.29 is 0 Å². The molecule has 0 atom stereocenters. The summed E-state index contributed by atoms with van der Waals surface area (Å²) in [6.45, 7) is 0.654. The van der Waals surface area contributed by atoms with Crippen molar-refractivity contribution in [2.45, 2.75) is 13.0 Å². The van der Waals surface area contributed by atoms with Crippen LogP contribution in [0, 0.1) is 0 Å². The minimum Gasteiger partial charge on any atom is -0.227 e. The predicted molar refractivity (Wildman–Crippen MR) is 78.9 cm³/mol. The fourth-order valence-corrected chi connectivity index (χ4v) is 2.22. The molecule has 2 aromatic heterocycles. The molecule has 2 heterocycles. The Morgan fingerprint density at radius 2 is 1.90 bits per heavy atom. The van der Waals surface area contributed by atoms with Crippen LogP contribution in [0.5, 0.6) is 0 Å². The van der Waals surface area contributed by atoms with Gasteiger partial charge in [0.05, 0.1) is 0 Å². The van der Waals surface area contributed by atoms with Gasteiger partial charge in [0.25, 0.3) is 0 Å². The predicted octanol–water partition coefficient (Wildman–Crippen LogP) is 3.17. The molecule has 0 radical (unpaired) electrons. The van der Waals surface area contributed by atoms with Crippen LogP contribution in [0.3, 0.4) is 0 Å². The summed E-state index contributed by atoms with van der Waals surface area (Å²) in [7, 11) is 0. The van der Waals surface area contributed by atoms with Crippen molar-refractivity contribution in [3.05, 3.63) is 35.5 Å². The summed E-state index contributed by atoms with van der Waals surface area (Å²) >= 11 is 11.9. The zero-order chi connectivity index (χ0) is 13.9. The molecule has 0 spiro atoms. The Labute approximate surface area is 125 Å². The second-order valence-electron chi connectivity index (χ2n) is 4.23. The Hall–Kier alpha value is -1.72. The van der Waals surface area contributed by atoms with Gasteiger partial charge in [0.1, 0.15) is 0 Å². The fraction of sp³-hybridized carbons (Fsp3) is 0.231. The molecular formula is C13H11Cl2N5. The minimum absolute atomic E-state index is 0.311. The molecule has 102 valence electrons. The van der Waals surface area contributed by atoms with E-state index in [9.17, 15) is 0 Å². The van der Waals surface area contributed by atoms with Crippen molar-refractivity contribution in [1.29, 1.82) is 0 Å². The standard InChI is InChI=1S/C13H11Cl2N5/c14-7-4-8-20-13-10(18-19-20)11(15)16-12(17-13)9-5-2-1-3-6-9/h1-3,5-6H,4,7-8H2. The van der Waals surface area contributed by atoms with E-state index in [1.807, 2.05) is 30.3 Å². The van der Waals surface area contributed by atoms with Gasteiger partial charge in [-0.1, -0.05) is 47.1 Å². The van der Waals surface area contributed by atoms with Crippen LogP contribution in [0.4, 0.5) is 0 Å². The van der Waals surface area contributed by atoms with Crippen LogP contribution < -0.4 is 0 Å². The zero-order valence-corrected chi connectivity index (χ0v) is 12.0. The highest BCUT2D eigenvalue weighted by Crippen LogP contribution is 2.23. The van der Waals surface area contributed by atoms with Gasteiger partial charge in [-0.15, -0.1) is 16.7 Å². The van der Waals surface area contributed by atoms with Gasteiger partial charge in [-0.3, -0.25) is 0 Å². The molecule has 0 amide bonds. The number of halogens is 2. The van der Waals surface area contributed by atoms with E-state index in [4.69, 9.17) is 23.2 Å². The second-order valence-corrected chi connectivity index (χ2v) is 4.97. The second kappa shape index (κ2) is 5.73. The first-order chi connectivity index (χ1) is 9.79. The van der Waals surface area contributed by atoms with Gasteiger partial charge in [0.15, 0.2) is 22.1 Å². The lowest BCUT2D eigenvalue weighted by atomic mass is 10.2. The number of alkyl halides is 1. The Bertz CT molecular complexity index is 726. The number of hydrogen-bond acceptors (Lipinski definition) is 4. The quantitative estimate of drug-likeness (QED) is 0.549. The first-order valence-electron chi connectivity index (χ1n) is 6.17. The number of hydrogen-bond donors (Lipinski definition) is 0. The van der Waals surface area contributed by atoms with E-state index >= 15 is 0 Å². The average Bonchev–Trinajstić information content (AvgIpc) is 2.89. The molecule has 7 heteroatoms. The summed E-state index contributed by atoms with van der Waals surface area (Å²) in [5.41, 5.74) is 2.05. The number of rotatable bonds is 4. The smallest absolute Gasteiger partial charge is 0.183 e. The number of aryl methyl sites for hydroxylation is 1. The molecule has 0 aliphatic rings. The third kappa shape index (κ3) is 2.46. The van der Waals surface area contributed by atoms with Crippen LogP contribution in [-0.4, -0.2) is 30.8 Å². The third-order valence-electron chi connectivity index (χ3n) is 2.86. The van der Waals surface area contributed by atoms with Gasteiger partial charge in [-0.2, -0.15) is 0 Å². The molecule has 3 rings (SSSR count). The van der Waals surface area contributed by atoms with Crippen molar-refractivity contribution in [3.8, 4) is 11.4 Å². The molecule has 3 aromatic rings. The summed E-state index contributed by atoms with van der Waals surface area (Å²) in [5.74, 6) is 1.13. The largest absolute Gasteiger partial charge is 0.227 e. The number of benzene rings is 1. The first kappa shape index (κ1) is 13.3. The van der Waals surface area contributed by atoms with E-state index in [-0.39, 0.29) is 0 Å². The minimum atomic E-state index is 0.311. The highest BCUT2D eigenvalue weighted by molar-refractivity contribution is 6.33. The van der Waals surface area contributed by atoms with Gasteiger partial charge < -0.3 is 0 Å². The lowest BCUT2D eigenvalue weighted by molar-refractivity contribution is 0.593. The van der Waals surface area contributed by atoms with E-state index in [1.165, 1.54) is 0 Å².